The molecule has 0 saturated carbocycles. The molecular formula is C14H23N3O3. The van der Waals surface area contributed by atoms with E-state index >= 15 is 0 Å². The molecule has 6 heteroatoms. The average molecular weight is 281 g/mol. The summed E-state index contributed by atoms with van der Waals surface area (Å²) in [7, 11) is 0. The standard InChI is InChI=1S/C14H23N3O3/c18-13(19)8-11-3-5-16(9-11)14(20)17-7-6-15-4-1-2-12(15)10-17/h11-12H,1-10H2,(H,18,19). The Kier molecular flexibility index (Phi) is 3.83. The van der Waals surface area contributed by atoms with Gasteiger partial charge in [0.25, 0.3) is 0 Å². The summed E-state index contributed by atoms with van der Waals surface area (Å²) in [6, 6.07) is 0.662. The molecule has 1 N–H and O–H groups in total. The predicted molar refractivity (Wildman–Crippen MR) is 73.5 cm³/mol. The van der Waals surface area contributed by atoms with Gasteiger partial charge in [0, 0.05) is 45.2 Å². The van der Waals surface area contributed by atoms with E-state index in [1.165, 1.54) is 19.4 Å². The lowest BCUT2D eigenvalue weighted by Crippen LogP contribution is -2.55. The van der Waals surface area contributed by atoms with Crippen LogP contribution >= 0.6 is 0 Å². The van der Waals surface area contributed by atoms with Crippen LogP contribution in [0.25, 0.3) is 0 Å². The van der Waals surface area contributed by atoms with Gasteiger partial charge in [0.05, 0.1) is 0 Å². The third-order valence-corrected chi connectivity index (χ3v) is 4.88. The molecule has 3 aliphatic heterocycles. The highest BCUT2D eigenvalue weighted by Crippen LogP contribution is 2.25. The number of carboxylic acids is 1. The maximum atomic E-state index is 12.5. The van der Waals surface area contributed by atoms with E-state index in [1.807, 2.05) is 9.80 Å². The lowest BCUT2D eigenvalue weighted by Gasteiger charge is -2.39. The van der Waals surface area contributed by atoms with Crippen LogP contribution in [0.2, 0.25) is 0 Å². The zero-order chi connectivity index (χ0) is 14.1. The number of nitrogens with zero attached hydrogens (tertiary/aromatic N) is 3. The fourth-order valence-electron chi connectivity index (χ4n) is 3.78. The van der Waals surface area contributed by atoms with Gasteiger partial charge in [-0.05, 0) is 31.7 Å². The molecule has 3 rings (SSSR count). The van der Waals surface area contributed by atoms with Crippen LogP contribution in [0.1, 0.15) is 25.7 Å². The average Bonchev–Trinajstić information content (AvgIpc) is 3.04. The van der Waals surface area contributed by atoms with Gasteiger partial charge in [-0.15, -0.1) is 0 Å². The minimum atomic E-state index is -0.760. The number of aliphatic carboxylic acids is 1. The third-order valence-electron chi connectivity index (χ3n) is 4.88. The quantitative estimate of drug-likeness (QED) is 0.808. The van der Waals surface area contributed by atoms with Gasteiger partial charge in [-0.25, -0.2) is 4.79 Å². The molecule has 2 unspecified atom stereocenters. The molecule has 3 saturated heterocycles. The Morgan fingerprint density at radius 3 is 2.60 bits per heavy atom. The monoisotopic (exact) mass is 281 g/mol. The van der Waals surface area contributed by atoms with Crippen molar-refractivity contribution in [2.24, 2.45) is 5.92 Å². The lowest BCUT2D eigenvalue weighted by molar-refractivity contribution is -0.138. The van der Waals surface area contributed by atoms with Gasteiger partial charge < -0.3 is 14.9 Å². The van der Waals surface area contributed by atoms with E-state index in [-0.39, 0.29) is 18.4 Å². The highest BCUT2D eigenvalue weighted by molar-refractivity contribution is 5.75. The molecule has 0 bridgehead atoms. The van der Waals surface area contributed by atoms with Gasteiger partial charge in [0.1, 0.15) is 0 Å². The molecule has 0 aliphatic carbocycles. The molecule has 3 heterocycles. The molecule has 0 aromatic rings. The van der Waals surface area contributed by atoms with E-state index in [9.17, 15) is 9.59 Å². The first-order chi connectivity index (χ1) is 9.63. The van der Waals surface area contributed by atoms with E-state index < -0.39 is 5.97 Å². The van der Waals surface area contributed by atoms with Crippen LogP contribution in [-0.4, -0.2) is 77.1 Å². The molecule has 6 nitrogen and oxygen atoms in total. The second-order valence-corrected chi connectivity index (χ2v) is 6.26. The number of carbonyl (C=O) groups excluding carboxylic acids is 1. The molecule has 3 fully saturated rings. The smallest absolute Gasteiger partial charge is 0.320 e. The number of fused-ring (bicyclic) bond motifs is 1. The summed E-state index contributed by atoms with van der Waals surface area (Å²) in [4.78, 5) is 29.5. The Labute approximate surface area is 119 Å². The van der Waals surface area contributed by atoms with Crippen molar-refractivity contribution in [2.75, 3.05) is 39.3 Å². The molecular weight excluding hydrogens is 258 g/mol. The number of rotatable bonds is 2. The minimum Gasteiger partial charge on any atom is -0.481 e. The fraction of sp³-hybridized carbons (Fsp3) is 0.857. The molecule has 0 aromatic heterocycles. The van der Waals surface area contributed by atoms with Crippen molar-refractivity contribution in [2.45, 2.75) is 31.7 Å². The maximum Gasteiger partial charge on any atom is 0.320 e. The Morgan fingerprint density at radius 2 is 1.80 bits per heavy atom. The number of hydrogen-bond donors (Lipinski definition) is 1. The van der Waals surface area contributed by atoms with Crippen molar-refractivity contribution in [1.82, 2.24) is 14.7 Å². The number of piperazine rings is 1. The summed E-state index contributed by atoms with van der Waals surface area (Å²) in [5.41, 5.74) is 0. The molecule has 2 amide bonds. The zero-order valence-corrected chi connectivity index (χ0v) is 11.8. The van der Waals surface area contributed by atoms with Crippen LogP contribution in [0.5, 0.6) is 0 Å². The Morgan fingerprint density at radius 1 is 1.00 bits per heavy atom. The highest BCUT2D eigenvalue weighted by Gasteiger charge is 2.36. The highest BCUT2D eigenvalue weighted by atomic mass is 16.4. The molecule has 0 spiro atoms. The van der Waals surface area contributed by atoms with Crippen LogP contribution in [0.4, 0.5) is 4.79 Å². The summed E-state index contributed by atoms with van der Waals surface area (Å²) in [6.45, 7) is 5.14. The van der Waals surface area contributed by atoms with Crippen molar-refractivity contribution in [1.29, 1.82) is 0 Å². The summed E-state index contributed by atoms with van der Waals surface area (Å²) >= 11 is 0. The van der Waals surface area contributed by atoms with Crippen LogP contribution in [-0.2, 0) is 4.79 Å². The van der Waals surface area contributed by atoms with Crippen LogP contribution in [0, 0.1) is 5.92 Å². The molecule has 112 valence electrons. The summed E-state index contributed by atoms with van der Waals surface area (Å²) in [6.07, 6.45) is 3.45. The first kappa shape index (κ1) is 13.7. The topological polar surface area (TPSA) is 64.1 Å². The second-order valence-electron chi connectivity index (χ2n) is 6.26. The first-order valence-electron chi connectivity index (χ1n) is 7.63. The van der Waals surface area contributed by atoms with Gasteiger partial charge in [0.15, 0.2) is 0 Å². The Bertz CT molecular complexity index is 401. The van der Waals surface area contributed by atoms with Crippen molar-refractivity contribution in [3.05, 3.63) is 0 Å². The van der Waals surface area contributed by atoms with Crippen molar-refractivity contribution < 1.29 is 14.7 Å². The summed E-state index contributed by atoms with van der Waals surface area (Å²) in [5, 5.41) is 8.83. The summed E-state index contributed by atoms with van der Waals surface area (Å²) < 4.78 is 0. The van der Waals surface area contributed by atoms with Crippen molar-refractivity contribution >= 4 is 12.0 Å². The molecule has 0 radical (unpaired) electrons. The molecule has 3 aliphatic rings. The van der Waals surface area contributed by atoms with E-state index in [4.69, 9.17) is 5.11 Å². The van der Waals surface area contributed by atoms with E-state index in [0.29, 0.717) is 19.1 Å². The molecule has 2 atom stereocenters. The van der Waals surface area contributed by atoms with Gasteiger partial charge in [-0.3, -0.25) is 9.69 Å². The van der Waals surface area contributed by atoms with Crippen LogP contribution in [0.15, 0.2) is 0 Å². The van der Waals surface area contributed by atoms with Crippen molar-refractivity contribution in [3.63, 3.8) is 0 Å². The molecule has 20 heavy (non-hydrogen) atoms. The SMILES string of the molecule is O=C(O)CC1CCN(C(=O)N2CCN3CCCC3C2)C1. The second kappa shape index (κ2) is 5.60. The van der Waals surface area contributed by atoms with E-state index in [2.05, 4.69) is 4.90 Å². The normalized spacial score (nSPS) is 30.6. The van der Waals surface area contributed by atoms with E-state index in [1.54, 1.807) is 0 Å². The molecule has 0 aromatic carbocycles. The van der Waals surface area contributed by atoms with Crippen molar-refractivity contribution in [3.8, 4) is 0 Å². The van der Waals surface area contributed by atoms with Gasteiger partial charge >= 0.3 is 12.0 Å². The van der Waals surface area contributed by atoms with E-state index in [0.717, 1.165) is 26.1 Å². The lowest BCUT2D eigenvalue weighted by atomic mass is 10.1. The van der Waals surface area contributed by atoms with Gasteiger partial charge in [0.2, 0.25) is 0 Å². The Balaban J connectivity index is 1.53. The number of likely N-dealkylation sites (tertiary alicyclic amines) is 1. The van der Waals surface area contributed by atoms with Crippen LogP contribution in [0.3, 0.4) is 0 Å². The predicted octanol–water partition coefficient (Wildman–Crippen LogP) is 0.683. The Hall–Kier alpha value is -1.30. The first-order valence-corrected chi connectivity index (χ1v) is 7.63. The zero-order valence-electron chi connectivity index (χ0n) is 11.8. The van der Waals surface area contributed by atoms with Crippen LogP contribution < -0.4 is 0 Å². The number of urea groups is 1. The largest absolute Gasteiger partial charge is 0.481 e. The number of carboxylic acid groups (broad SMARTS) is 1. The fourth-order valence-corrected chi connectivity index (χ4v) is 3.78. The number of carbonyl (C=O) groups is 2. The van der Waals surface area contributed by atoms with Gasteiger partial charge in [-0.2, -0.15) is 0 Å². The van der Waals surface area contributed by atoms with Gasteiger partial charge in [-0.1, -0.05) is 0 Å². The number of amides is 2. The number of hydrogen-bond acceptors (Lipinski definition) is 3. The third kappa shape index (κ3) is 2.75. The maximum absolute atomic E-state index is 12.5. The summed E-state index contributed by atoms with van der Waals surface area (Å²) in [5.74, 6) is -0.631. The minimum absolute atomic E-state index is 0.115.